The molecule has 0 saturated carbocycles. The Labute approximate surface area is 144 Å². The summed E-state index contributed by atoms with van der Waals surface area (Å²) in [6.07, 6.45) is 0.632. The SMILES string of the molecule is Cc1cccc(NC(=O)CCc2nnc(-c3ccccc3Cl)o2)c1. The molecule has 0 saturated heterocycles. The second kappa shape index (κ2) is 7.27. The standard InChI is InChI=1S/C18H16ClN3O2/c1-12-5-4-6-13(11-12)20-16(23)9-10-17-21-22-18(24-17)14-7-2-3-8-15(14)19/h2-8,11H,9-10H2,1H3,(H,20,23). The van der Waals surface area contributed by atoms with Crippen molar-refractivity contribution in [2.24, 2.45) is 0 Å². The lowest BCUT2D eigenvalue weighted by molar-refractivity contribution is -0.116. The molecule has 2 aromatic carbocycles. The van der Waals surface area contributed by atoms with Crippen molar-refractivity contribution in [1.29, 1.82) is 0 Å². The minimum Gasteiger partial charge on any atom is -0.421 e. The number of hydrogen-bond acceptors (Lipinski definition) is 4. The predicted octanol–water partition coefficient (Wildman–Crippen LogP) is 4.27. The van der Waals surface area contributed by atoms with Crippen LogP contribution in [-0.2, 0) is 11.2 Å². The number of hydrogen-bond donors (Lipinski definition) is 1. The molecule has 0 unspecified atom stereocenters. The van der Waals surface area contributed by atoms with Crippen LogP contribution in [0.1, 0.15) is 17.9 Å². The van der Waals surface area contributed by atoms with E-state index in [1.54, 1.807) is 6.07 Å². The number of carbonyl (C=O) groups is 1. The average Bonchev–Trinajstić information content (AvgIpc) is 3.02. The van der Waals surface area contributed by atoms with E-state index < -0.39 is 0 Å². The molecule has 1 aromatic heterocycles. The Morgan fingerprint density at radius 3 is 2.79 bits per heavy atom. The van der Waals surface area contributed by atoms with E-state index in [4.69, 9.17) is 16.0 Å². The summed E-state index contributed by atoms with van der Waals surface area (Å²) in [4.78, 5) is 12.0. The van der Waals surface area contributed by atoms with Gasteiger partial charge in [-0.05, 0) is 36.8 Å². The third kappa shape index (κ3) is 4.00. The second-order valence-corrected chi connectivity index (χ2v) is 5.81. The average molecular weight is 342 g/mol. The molecule has 5 nitrogen and oxygen atoms in total. The Bertz CT molecular complexity index is 861. The maximum Gasteiger partial charge on any atom is 0.249 e. The number of carbonyl (C=O) groups excluding carboxylic acids is 1. The van der Waals surface area contributed by atoms with Crippen LogP contribution in [-0.4, -0.2) is 16.1 Å². The summed E-state index contributed by atoms with van der Waals surface area (Å²) in [6.45, 7) is 1.98. The molecular formula is C18H16ClN3O2. The maximum absolute atomic E-state index is 12.0. The van der Waals surface area contributed by atoms with E-state index in [0.717, 1.165) is 11.3 Å². The Morgan fingerprint density at radius 1 is 1.17 bits per heavy atom. The van der Waals surface area contributed by atoms with E-state index in [0.29, 0.717) is 28.8 Å². The van der Waals surface area contributed by atoms with Gasteiger partial charge in [-0.2, -0.15) is 0 Å². The number of aryl methyl sites for hydroxylation is 2. The number of rotatable bonds is 5. The van der Waals surface area contributed by atoms with Gasteiger partial charge in [-0.25, -0.2) is 0 Å². The minimum atomic E-state index is -0.0990. The summed E-state index contributed by atoms with van der Waals surface area (Å²) in [6, 6.07) is 14.9. The molecule has 1 N–H and O–H groups in total. The van der Waals surface area contributed by atoms with Gasteiger partial charge >= 0.3 is 0 Å². The number of anilines is 1. The van der Waals surface area contributed by atoms with E-state index in [2.05, 4.69) is 15.5 Å². The molecule has 122 valence electrons. The topological polar surface area (TPSA) is 68.0 Å². The van der Waals surface area contributed by atoms with Crippen molar-refractivity contribution in [3.63, 3.8) is 0 Å². The van der Waals surface area contributed by atoms with Crippen molar-refractivity contribution < 1.29 is 9.21 Å². The van der Waals surface area contributed by atoms with Crippen LogP contribution >= 0.6 is 11.6 Å². The van der Waals surface area contributed by atoms with Crippen LogP contribution in [0.3, 0.4) is 0 Å². The Hall–Kier alpha value is -2.66. The summed E-state index contributed by atoms with van der Waals surface area (Å²) in [5.74, 6) is 0.664. The van der Waals surface area contributed by atoms with E-state index >= 15 is 0 Å². The molecular weight excluding hydrogens is 326 g/mol. The fourth-order valence-corrected chi connectivity index (χ4v) is 2.48. The lowest BCUT2D eigenvalue weighted by Crippen LogP contribution is -2.12. The smallest absolute Gasteiger partial charge is 0.249 e. The molecule has 0 bridgehead atoms. The minimum absolute atomic E-state index is 0.0990. The van der Waals surface area contributed by atoms with E-state index in [1.165, 1.54) is 0 Å². The maximum atomic E-state index is 12.0. The highest BCUT2D eigenvalue weighted by Crippen LogP contribution is 2.26. The monoisotopic (exact) mass is 341 g/mol. The summed E-state index contributed by atoms with van der Waals surface area (Å²) in [5.41, 5.74) is 2.55. The zero-order valence-corrected chi connectivity index (χ0v) is 13.9. The normalized spacial score (nSPS) is 10.6. The highest BCUT2D eigenvalue weighted by molar-refractivity contribution is 6.33. The van der Waals surface area contributed by atoms with Gasteiger partial charge in [-0.3, -0.25) is 4.79 Å². The van der Waals surface area contributed by atoms with E-state index in [1.807, 2.05) is 49.4 Å². The van der Waals surface area contributed by atoms with Gasteiger partial charge in [0.25, 0.3) is 0 Å². The highest BCUT2D eigenvalue weighted by atomic mass is 35.5. The van der Waals surface area contributed by atoms with Crippen LogP contribution in [0.2, 0.25) is 5.02 Å². The molecule has 0 atom stereocenters. The van der Waals surface area contributed by atoms with Gasteiger partial charge in [-0.1, -0.05) is 35.9 Å². The van der Waals surface area contributed by atoms with Gasteiger partial charge in [0.05, 0.1) is 10.6 Å². The molecule has 0 radical (unpaired) electrons. The van der Waals surface area contributed by atoms with Crippen molar-refractivity contribution in [3.8, 4) is 11.5 Å². The van der Waals surface area contributed by atoms with Gasteiger partial charge in [0.1, 0.15) is 0 Å². The van der Waals surface area contributed by atoms with Crippen molar-refractivity contribution >= 4 is 23.2 Å². The van der Waals surface area contributed by atoms with Crippen LogP contribution in [0.15, 0.2) is 52.9 Å². The largest absolute Gasteiger partial charge is 0.421 e. The molecule has 0 aliphatic carbocycles. The van der Waals surface area contributed by atoms with Gasteiger partial charge in [0.2, 0.25) is 17.7 Å². The Kier molecular flexibility index (Phi) is 4.91. The van der Waals surface area contributed by atoms with Gasteiger partial charge in [0, 0.05) is 18.5 Å². The number of aromatic nitrogens is 2. The van der Waals surface area contributed by atoms with E-state index in [9.17, 15) is 4.79 Å². The quantitative estimate of drug-likeness (QED) is 0.752. The summed E-state index contributed by atoms with van der Waals surface area (Å²) >= 11 is 6.11. The summed E-state index contributed by atoms with van der Waals surface area (Å²) < 4.78 is 5.58. The molecule has 0 fully saturated rings. The van der Waals surface area contributed by atoms with Crippen LogP contribution < -0.4 is 5.32 Å². The van der Waals surface area contributed by atoms with Gasteiger partial charge in [0.15, 0.2) is 0 Å². The number of nitrogens with one attached hydrogen (secondary N) is 1. The summed E-state index contributed by atoms with van der Waals surface area (Å²) in [5, 5.41) is 11.4. The second-order valence-electron chi connectivity index (χ2n) is 5.40. The molecule has 1 heterocycles. The Balaban J connectivity index is 1.59. The van der Waals surface area contributed by atoms with Crippen molar-refractivity contribution in [3.05, 3.63) is 65.0 Å². The molecule has 24 heavy (non-hydrogen) atoms. The fourth-order valence-electron chi connectivity index (χ4n) is 2.26. The first kappa shape index (κ1) is 16.2. The Morgan fingerprint density at radius 2 is 2.00 bits per heavy atom. The zero-order chi connectivity index (χ0) is 16.9. The first-order chi connectivity index (χ1) is 11.6. The van der Waals surface area contributed by atoms with Gasteiger partial charge in [-0.15, -0.1) is 10.2 Å². The van der Waals surface area contributed by atoms with Crippen molar-refractivity contribution in [2.75, 3.05) is 5.32 Å². The van der Waals surface area contributed by atoms with Crippen LogP contribution in [0, 0.1) is 6.92 Å². The number of benzene rings is 2. The lowest BCUT2D eigenvalue weighted by atomic mass is 10.2. The number of amides is 1. The first-order valence-corrected chi connectivity index (χ1v) is 7.93. The van der Waals surface area contributed by atoms with Gasteiger partial charge < -0.3 is 9.73 Å². The lowest BCUT2D eigenvalue weighted by Gasteiger charge is -2.04. The third-order valence-electron chi connectivity index (χ3n) is 3.44. The van der Waals surface area contributed by atoms with Crippen LogP contribution in [0.5, 0.6) is 0 Å². The third-order valence-corrected chi connectivity index (χ3v) is 3.77. The van der Waals surface area contributed by atoms with Crippen molar-refractivity contribution in [2.45, 2.75) is 19.8 Å². The molecule has 0 aliphatic rings. The molecule has 1 amide bonds. The first-order valence-electron chi connectivity index (χ1n) is 7.55. The molecule has 3 rings (SSSR count). The molecule has 0 spiro atoms. The molecule has 0 aliphatic heterocycles. The zero-order valence-electron chi connectivity index (χ0n) is 13.1. The molecule has 3 aromatic rings. The van der Waals surface area contributed by atoms with E-state index in [-0.39, 0.29) is 12.3 Å². The molecule has 6 heteroatoms. The fraction of sp³-hybridized carbons (Fsp3) is 0.167. The highest BCUT2D eigenvalue weighted by Gasteiger charge is 2.12. The van der Waals surface area contributed by atoms with Crippen LogP contribution in [0.4, 0.5) is 5.69 Å². The number of nitrogens with zero attached hydrogens (tertiary/aromatic N) is 2. The predicted molar refractivity (Wildman–Crippen MR) is 92.9 cm³/mol. The van der Waals surface area contributed by atoms with Crippen molar-refractivity contribution in [1.82, 2.24) is 10.2 Å². The number of halogens is 1. The van der Waals surface area contributed by atoms with Crippen LogP contribution in [0.25, 0.3) is 11.5 Å². The summed E-state index contributed by atoms with van der Waals surface area (Å²) in [7, 11) is 0.